The third-order valence-corrected chi connectivity index (χ3v) is 2.50. The van der Waals surface area contributed by atoms with Crippen LogP contribution in [0.15, 0.2) is 0 Å². The van der Waals surface area contributed by atoms with Crippen LogP contribution in [0.3, 0.4) is 0 Å². The zero-order chi connectivity index (χ0) is 11.7. The third kappa shape index (κ3) is 6.47. The maximum atomic E-state index is 11.1. The summed E-state index contributed by atoms with van der Waals surface area (Å²) in [5.41, 5.74) is 5.14. The van der Waals surface area contributed by atoms with Crippen LogP contribution in [-0.2, 0) is 9.53 Å². The minimum absolute atomic E-state index is 0.0788. The van der Waals surface area contributed by atoms with E-state index in [0.717, 1.165) is 25.7 Å². The monoisotopic (exact) mass is 217 g/mol. The normalized spacial score (nSPS) is 14.7. The summed E-state index contributed by atoms with van der Waals surface area (Å²) in [4.78, 5) is 11.1. The molecule has 0 saturated heterocycles. The lowest BCUT2D eigenvalue weighted by atomic mass is 10.0. The predicted molar refractivity (Wildman–Crippen MR) is 59.3 cm³/mol. The summed E-state index contributed by atoms with van der Waals surface area (Å²) in [6, 6.07) is 0. The Hall–Kier alpha value is -0.610. The highest BCUT2D eigenvalue weighted by molar-refractivity contribution is 5.74. The van der Waals surface area contributed by atoms with Gasteiger partial charge in [0.2, 0.25) is 0 Å². The summed E-state index contributed by atoms with van der Waals surface area (Å²) in [7, 11) is 0. The van der Waals surface area contributed by atoms with Crippen LogP contribution >= 0.6 is 0 Å². The number of esters is 1. The molecule has 4 nitrogen and oxygen atoms in total. The van der Waals surface area contributed by atoms with Gasteiger partial charge in [0.05, 0.1) is 6.61 Å². The maximum Gasteiger partial charge on any atom is 0.336 e. The molecule has 0 aliphatic carbocycles. The fourth-order valence-electron chi connectivity index (χ4n) is 1.29. The Morgan fingerprint density at radius 3 is 2.60 bits per heavy atom. The molecule has 1 unspecified atom stereocenters. The molecule has 2 atom stereocenters. The largest absolute Gasteiger partial charge is 0.463 e. The summed E-state index contributed by atoms with van der Waals surface area (Å²) in [6.45, 7) is 4.53. The van der Waals surface area contributed by atoms with Gasteiger partial charge in [-0.3, -0.25) is 0 Å². The Labute approximate surface area is 91.8 Å². The number of unbranched alkanes of at least 4 members (excludes halogenated alkanes) is 1. The van der Waals surface area contributed by atoms with Crippen LogP contribution in [0.2, 0.25) is 0 Å². The van der Waals surface area contributed by atoms with Gasteiger partial charge < -0.3 is 15.6 Å². The quantitative estimate of drug-likeness (QED) is 0.596. The van der Waals surface area contributed by atoms with E-state index in [1.54, 1.807) is 0 Å². The highest BCUT2D eigenvalue weighted by Crippen LogP contribution is 2.12. The molecular formula is C11H23NO3. The highest BCUT2D eigenvalue weighted by atomic mass is 16.5. The Morgan fingerprint density at radius 2 is 2.13 bits per heavy atom. The van der Waals surface area contributed by atoms with Gasteiger partial charge in [0.15, 0.2) is 6.10 Å². The van der Waals surface area contributed by atoms with Crippen molar-refractivity contribution in [1.29, 1.82) is 0 Å². The molecule has 0 spiro atoms. The van der Waals surface area contributed by atoms with Crippen LogP contribution in [0.5, 0.6) is 0 Å². The van der Waals surface area contributed by atoms with Crippen LogP contribution in [0.4, 0.5) is 0 Å². The number of nitrogens with two attached hydrogens (primary N) is 1. The van der Waals surface area contributed by atoms with Crippen molar-refractivity contribution in [3.05, 3.63) is 0 Å². The van der Waals surface area contributed by atoms with Crippen LogP contribution in [0, 0.1) is 5.92 Å². The van der Waals surface area contributed by atoms with Crippen molar-refractivity contribution in [3.63, 3.8) is 0 Å². The van der Waals surface area contributed by atoms with E-state index in [1.165, 1.54) is 0 Å². The Morgan fingerprint density at radius 1 is 1.47 bits per heavy atom. The van der Waals surface area contributed by atoms with Crippen molar-refractivity contribution in [3.8, 4) is 0 Å². The summed E-state index contributed by atoms with van der Waals surface area (Å²) >= 11 is 0. The van der Waals surface area contributed by atoms with E-state index in [0.29, 0.717) is 12.5 Å². The van der Waals surface area contributed by atoms with Crippen molar-refractivity contribution in [2.45, 2.75) is 45.6 Å². The van der Waals surface area contributed by atoms with Crippen molar-refractivity contribution in [2.24, 2.45) is 11.7 Å². The number of carbonyl (C=O) groups is 1. The number of carbonyl (C=O) groups excluding carboxylic acids is 1. The lowest BCUT2D eigenvalue weighted by molar-refractivity contribution is -0.154. The third-order valence-electron chi connectivity index (χ3n) is 2.50. The fraction of sp³-hybridized carbons (Fsp3) is 0.909. The van der Waals surface area contributed by atoms with Gasteiger partial charge in [-0.15, -0.1) is 0 Å². The topological polar surface area (TPSA) is 72.5 Å². The van der Waals surface area contributed by atoms with Gasteiger partial charge in [-0.2, -0.15) is 0 Å². The van der Waals surface area contributed by atoms with Crippen molar-refractivity contribution in [2.75, 3.05) is 13.2 Å². The molecule has 0 aromatic carbocycles. The van der Waals surface area contributed by atoms with Crippen LogP contribution in [-0.4, -0.2) is 30.3 Å². The second-order valence-corrected chi connectivity index (χ2v) is 3.80. The molecule has 0 aliphatic heterocycles. The minimum atomic E-state index is -1.17. The predicted octanol–water partition coefficient (Wildman–Crippen LogP) is 1.07. The summed E-state index contributed by atoms with van der Waals surface area (Å²) in [5.74, 6) is -0.202. The SMILES string of the molecule is CCCCC(CC)COC(=O)[C@@H](O)CN. The number of aliphatic hydroxyl groups excluding tert-OH is 1. The average Bonchev–Trinajstić information content (AvgIpc) is 2.27. The standard InChI is InChI=1S/C11H23NO3/c1-3-5-6-9(4-2)8-15-11(14)10(13)7-12/h9-10,13H,3-8,12H2,1-2H3/t9?,10-/m0/s1. The summed E-state index contributed by atoms with van der Waals surface area (Å²) in [6.07, 6.45) is 3.18. The van der Waals surface area contributed by atoms with Crippen molar-refractivity contribution < 1.29 is 14.6 Å². The van der Waals surface area contributed by atoms with Gasteiger partial charge in [0, 0.05) is 6.54 Å². The molecular weight excluding hydrogens is 194 g/mol. The lowest BCUT2D eigenvalue weighted by Gasteiger charge is -2.15. The summed E-state index contributed by atoms with van der Waals surface area (Å²) in [5, 5.41) is 9.09. The van der Waals surface area contributed by atoms with Gasteiger partial charge in [-0.05, 0) is 12.3 Å². The molecule has 0 radical (unpaired) electrons. The van der Waals surface area contributed by atoms with Gasteiger partial charge in [0.25, 0.3) is 0 Å². The smallest absolute Gasteiger partial charge is 0.336 e. The van der Waals surface area contributed by atoms with Gasteiger partial charge in [-0.25, -0.2) is 4.79 Å². The van der Waals surface area contributed by atoms with E-state index in [4.69, 9.17) is 15.6 Å². The molecule has 0 rings (SSSR count). The molecule has 0 aliphatic rings. The van der Waals surface area contributed by atoms with Gasteiger partial charge in [0.1, 0.15) is 0 Å². The first kappa shape index (κ1) is 14.4. The molecule has 0 amide bonds. The number of ether oxygens (including phenoxy) is 1. The number of hydrogen-bond donors (Lipinski definition) is 2. The van der Waals surface area contributed by atoms with Crippen LogP contribution in [0.25, 0.3) is 0 Å². The number of rotatable bonds is 8. The molecule has 4 heteroatoms. The fourth-order valence-corrected chi connectivity index (χ4v) is 1.29. The molecule has 0 heterocycles. The highest BCUT2D eigenvalue weighted by Gasteiger charge is 2.16. The van der Waals surface area contributed by atoms with E-state index in [1.807, 2.05) is 0 Å². The Balaban J connectivity index is 3.74. The molecule has 0 aromatic heterocycles. The summed E-state index contributed by atoms with van der Waals surface area (Å²) < 4.78 is 4.98. The van der Waals surface area contributed by atoms with Crippen molar-refractivity contribution >= 4 is 5.97 Å². The second-order valence-electron chi connectivity index (χ2n) is 3.80. The number of aliphatic hydroxyl groups is 1. The molecule has 15 heavy (non-hydrogen) atoms. The first-order chi connectivity index (χ1) is 7.15. The molecule has 3 N–H and O–H groups in total. The van der Waals surface area contributed by atoms with E-state index in [2.05, 4.69) is 13.8 Å². The average molecular weight is 217 g/mol. The zero-order valence-corrected chi connectivity index (χ0v) is 9.74. The first-order valence-corrected chi connectivity index (χ1v) is 5.70. The molecule has 90 valence electrons. The zero-order valence-electron chi connectivity index (χ0n) is 9.74. The molecule has 0 aromatic rings. The maximum absolute atomic E-state index is 11.1. The van der Waals surface area contributed by atoms with Crippen molar-refractivity contribution in [1.82, 2.24) is 0 Å². The minimum Gasteiger partial charge on any atom is -0.463 e. The van der Waals surface area contributed by atoms with Gasteiger partial charge in [-0.1, -0.05) is 33.1 Å². The van der Waals surface area contributed by atoms with Crippen LogP contribution in [0.1, 0.15) is 39.5 Å². The molecule has 0 fully saturated rings. The first-order valence-electron chi connectivity index (χ1n) is 5.70. The van der Waals surface area contributed by atoms with E-state index in [9.17, 15) is 4.79 Å². The van der Waals surface area contributed by atoms with Gasteiger partial charge >= 0.3 is 5.97 Å². The number of hydrogen-bond acceptors (Lipinski definition) is 4. The Bertz CT molecular complexity index is 173. The van der Waals surface area contributed by atoms with E-state index < -0.39 is 12.1 Å². The molecule has 0 saturated carbocycles. The van der Waals surface area contributed by atoms with E-state index in [-0.39, 0.29) is 6.54 Å². The molecule has 0 bridgehead atoms. The van der Waals surface area contributed by atoms with E-state index >= 15 is 0 Å². The van der Waals surface area contributed by atoms with Crippen LogP contribution < -0.4 is 5.73 Å². The lowest BCUT2D eigenvalue weighted by Crippen LogP contribution is -2.32. The second kappa shape index (κ2) is 8.68. The Kier molecular flexibility index (Phi) is 8.33.